The molecule has 5 N–H and O–H groups in total. The average molecular weight is 368 g/mol. The number of halogens is 1. The van der Waals surface area contributed by atoms with Crippen molar-refractivity contribution in [2.24, 2.45) is 34.2 Å². The highest BCUT2D eigenvalue weighted by atomic mass is 35.5. The van der Waals surface area contributed by atoms with Crippen molar-refractivity contribution in [1.82, 2.24) is 20.3 Å². The fraction of sp³-hybridized carbons (Fsp3) is 0.750. The highest BCUT2D eigenvalue weighted by Gasteiger charge is 2.52. The topological polar surface area (TPSA) is 124 Å². The van der Waals surface area contributed by atoms with E-state index in [0.29, 0.717) is 18.8 Å². The SMILES string of the molecule is Cl.NC(N)=NCCNC(=O)c1cn(C23CC4CC(CC(C4)C2)C3)nn1. The zero-order chi connectivity index (χ0) is 16.7. The van der Waals surface area contributed by atoms with Gasteiger partial charge in [0.2, 0.25) is 0 Å². The summed E-state index contributed by atoms with van der Waals surface area (Å²) in [6.07, 6.45) is 9.53. The third kappa shape index (κ3) is 3.44. The van der Waals surface area contributed by atoms with E-state index in [0.717, 1.165) is 17.8 Å². The van der Waals surface area contributed by atoms with Gasteiger partial charge in [0.05, 0.1) is 18.3 Å². The first-order valence-corrected chi connectivity index (χ1v) is 8.80. The van der Waals surface area contributed by atoms with Crippen LogP contribution in [-0.2, 0) is 5.54 Å². The number of hydrogen-bond donors (Lipinski definition) is 3. The largest absolute Gasteiger partial charge is 0.370 e. The van der Waals surface area contributed by atoms with Gasteiger partial charge in [0, 0.05) is 6.54 Å². The molecule has 0 aromatic carbocycles. The molecule has 5 rings (SSSR count). The number of aliphatic imine (C=N–C) groups is 1. The summed E-state index contributed by atoms with van der Waals surface area (Å²) in [5, 5.41) is 11.2. The van der Waals surface area contributed by atoms with Crippen LogP contribution >= 0.6 is 12.4 Å². The smallest absolute Gasteiger partial charge is 0.273 e. The summed E-state index contributed by atoms with van der Waals surface area (Å²) in [6, 6.07) is 0. The van der Waals surface area contributed by atoms with E-state index in [1.54, 1.807) is 0 Å². The predicted octanol–water partition coefficient (Wildman–Crippen LogP) is 0.628. The Morgan fingerprint density at radius 2 is 1.84 bits per heavy atom. The number of nitrogens with zero attached hydrogens (tertiary/aromatic N) is 4. The number of hydrogen-bond acceptors (Lipinski definition) is 4. The lowest BCUT2D eigenvalue weighted by Gasteiger charge is -2.56. The lowest BCUT2D eigenvalue weighted by atomic mass is 9.53. The van der Waals surface area contributed by atoms with Gasteiger partial charge >= 0.3 is 0 Å². The van der Waals surface area contributed by atoms with Crippen molar-refractivity contribution in [1.29, 1.82) is 0 Å². The summed E-state index contributed by atoms with van der Waals surface area (Å²) >= 11 is 0. The van der Waals surface area contributed by atoms with Crippen molar-refractivity contribution in [3.05, 3.63) is 11.9 Å². The summed E-state index contributed by atoms with van der Waals surface area (Å²) < 4.78 is 1.99. The van der Waals surface area contributed by atoms with Gasteiger partial charge in [-0.1, -0.05) is 5.21 Å². The van der Waals surface area contributed by atoms with Gasteiger partial charge in [0.15, 0.2) is 11.7 Å². The maximum Gasteiger partial charge on any atom is 0.273 e. The van der Waals surface area contributed by atoms with Crippen LogP contribution in [0, 0.1) is 17.8 Å². The van der Waals surface area contributed by atoms with Crippen LogP contribution in [0.1, 0.15) is 49.0 Å². The highest BCUT2D eigenvalue weighted by molar-refractivity contribution is 5.91. The van der Waals surface area contributed by atoms with E-state index in [4.69, 9.17) is 11.5 Å². The van der Waals surface area contributed by atoms with Crippen LogP contribution in [0.2, 0.25) is 0 Å². The number of nitrogens with two attached hydrogens (primary N) is 2. The van der Waals surface area contributed by atoms with Crippen molar-refractivity contribution in [2.45, 2.75) is 44.1 Å². The molecule has 0 saturated heterocycles. The van der Waals surface area contributed by atoms with Crippen molar-refractivity contribution in [2.75, 3.05) is 13.1 Å². The number of carbonyl (C=O) groups is 1. The summed E-state index contributed by atoms with van der Waals surface area (Å²) in [4.78, 5) is 16.0. The molecule has 4 saturated carbocycles. The van der Waals surface area contributed by atoms with Gasteiger partial charge in [0.25, 0.3) is 5.91 Å². The van der Waals surface area contributed by atoms with E-state index in [-0.39, 0.29) is 29.8 Å². The molecule has 0 atom stereocenters. The molecule has 1 aromatic rings. The van der Waals surface area contributed by atoms with Crippen LogP contribution in [0.15, 0.2) is 11.2 Å². The first-order valence-electron chi connectivity index (χ1n) is 8.80. The van der Waals surface area contributed by atoms with Gasteiger partial charge in [0.1, 0.15) is 0 Å². The zero-order valence-electron chi connectivity index (χ0n) is 14.2. The van der Waals surface area contributed by atoms with Crippen LogP contribution in [0.5, 0.6) is 0 Å². The Morgan fingerprint density at radius 1 is 1.24 bits per heavy atom. The highest BCUT2D eigenvalue weighted by Crippen LogP contribution is 2.58. The second-order valence-electron chi connectivity index (χ2n) is 7.75. The second kappa shape index (κ2) is 6.82. The number of nitrogens with one attached hydrogen (secondary N) is 1. The molecular formula is C16H26ClN7O. The normalized spacial score (nSPS) is 32.1. The molecule has 0 aliphatic heterocycles. The van der Waals surface area contributed by atoms with Gasteiger partial charge < -0.3 is 16.8 Å². The van der Waals surface area contributed by atoms with Crippen LogP contribution in [0.3, 0.4) is 0 Å². The molecule has 25 heavy (non-hydrogen) atoms. The average Bonchev–Trinajstić information content (AvgIpc) is 3.00. The Morgan fingerprint density at radius 3 is 2.40 bits per heavy atom. The zero-order valence-corrected chi connectivity index (χ0v) is 15.0. The maximum absolute atomic E-state index is 12.2. The Hall–Kier alpha value is -1.83. The molecule has 4 bridgehead atoms. The molecule has 4 fully saturated rings. The predicted molar refractivity (Wildman–Crippen MR) is 96.4 cm³/mol. The van der Waals surface area contributed by atoms with Crippen LogP contribution in [0.4, 0.5) is 0 Å². The number of aromatic nitrogens is 3. The van der Waals surface area contributed by atoms with Crippen LogP contribution in [-0.4, -0.2) is 40.0 Å². The third-order valence-electron chi connectivity index (χ3n) is 5.91. The first kappa shape index (κ1) is 18.0. The van der Waals surface area contributed by atoms with E-state index in [9.17, 15) is 4.79 Å². The standard InChI is InChI=1S/C16H25N7O.ClH/c17-15(18)20-2-1-19-14(24)13-9-23(22-21-13)16-6-10-3-11(7-16)5-12(4-10)8-16;/h9-12H,1-8H2,(H,19,24)(H4,17,18,20);1H. The Kier molecular flexibility index (Phi) is 4.90. The van der Waals surface area contributed by atoms with E-state index in [1.165, 1.54) is 38.5 Å². The number of amides is 1. The maximum atomic E-state index is 12.2. The van der Waals surface area contributed by atoms with Gasteiger partial charge in [-0.05, 0) is 56.3 Å². The van der Waals surface area contributed by atoms with Crippen molar-refractivity contribution in [3.63, 3.8) is 0 Å². The van der Waals surface area contributed by atoms with Crippen LogP contribution < -0.4 is 16.8 Å². The van der Waals surface area contributed by atoms with Crippen molar-refractivity contribution >= 4 is 24.3 Å². The van der Waals surface area contributed by atoms with Gasteiger partial charge in [-0.15, -0.1) is 17.5 Å². The van der Waals surface area contributed by atoms with E-state index in [1.807, 2.05) is 10.9 Å². The molecule has 4 aliphatic carbocycles. The summed E-state index contributed by atoms with van der Waals surface area (Å²) in [6.45, 7) is 0.734. The van der Waals surface area contributed by atoms with Crippen LogP contribution in [0.25, 0.3) is 0 Å². The van der Waals surface area contributed by atoms with Gasteiger partial charge in [-0.25, -0.2) is 4.68 Å². The lowest BCUT2D eigenvalue weighted by molar-refractivity contribution is -0.0502. The van der Waals surface area contributed by atoms with Gasteiger partial charge in [-0.2, -0.15) is 0 Å². The number of carbonyl (C=O) groups excluding carboxylic acids is 1. The summed E-state index contributed by atoms with van der Waals surface area (Å²) in [7, 11) is 0. The molecule has 0 unspecified atom stereocenters. The van der Waals surface area contributed by atoms with E-state index < -0.39 is 0 Å². The molecule has 9 heteroatoms. The first-order chi connectivity index (χ1) is 11.5. The molecule has 8 nitrogen and oxygen atoms in total. The third-order valence-corrected chi connectivity index (χ3v) is 5.91. The Labute approximate surface area is 153 Å². The second-order valence-corrected chi connectivity index (χ2v) is 7.75. The minimum Gasteiger partial charge on any atom is -0.370 e. The monoisotopic (exact) mass is 367 g/mol. The number of rotatable bonds is 5. The summed E-state index contributed by atoms with van der Waals surface area (Å²) in [5.74, 6) is 2.29. The number of guanidine groups is 1. The Bertz CT molecular complexity index is 632. The molecule has 1 amide bonds. The lowest BCUT2D eigenvalue weighted by Crippen LogP contribution is -2.52. The van der Waals surface area contributed by atoms with Crippen molar-refractivity contribution < 1.29 is 4.79 Å². The molecular weight excluding hydrogens is 342 g/mol. The van der Waals surface area contributed by atoms with Crippen molar-refractivity contribution in [3.8, 4) is 0 Å². The quantitative estimate of drug-likeness (QED) is 0.400. The minimum atomic E-state index is -0.225. The van der Waals surface area contributed by atoms with E-state index >= 15 is 0 Å². The fourth-order valence-electron chi connectivity index (χ4n) is 5.39. The molecule has 1 heterocycles. The molecule has 1 aromatic heterocycles. The van der Waals surface area contributed by atoms with E-state index in [2.05, 4.69) is 20.6 Å². The molecule has 0 spiro atoms. The minimum absolute atomic E-state index is 0. The molecule has 0 radical (unpaired) electrons. The molecule has 138 valence electrons. The summed E-state index contributed by atoms with van der Waals surface area (Å²) in [5.41, 5.74) is 11.0. The van der Waals surface area contributed by atoms with Gasteiger partial charge in [-0.3, -0.25) is 9.79 Å². The fourth-order valence-corrected chi connectivity index (χ4v) is 5.39. The Balaban J connectivity index is 0.00000182. The molecule has 4 aliphatic rings.